The van der Waals surface area contributed by atoms with Crippen molar-refractivity contribution >= 4 is 52.0 Å². The van der Waals surface area contributed by atoms with Gasteiger partial charge < -0.3 is 31.4 Å². The number of nitrogens with two attached hydrogens (primary N) is 1. The van der Waals surface area contributed by atoms with Gasteiger partial charge in [-0.2, -0.15) is 0 Å². The average Bonchev–Trinajstić information content (AvgIpc) is 3.59. The number of ether oxygens (including phenoxy) is 1. The van der Waals surface area contributed by atoms with Crippen LogP contribution in [-0.4, -0.2) is 66.2 Å². The molecule has 2 aromatic rings. The zero-order valence-corrected chi connectivity index (χ0v) is 24.5. The van der Waals surface area contributed by atoms with Crippen LogP contribution >= 0.6 is 11.6 Å². The molecule has 0 radical (unpaired) electrons. The standard InChI is InChI=1S/C25H32ClN5O6.C4H8/c1-13(2)21(27)25(36)37-12-19(32)17(10-15-6-4-8-28-23(15)34)30-20(33)11-29-24(35)18-9-14-5-3-7-16(26)22(14)31-18;1-4-2-3-4/h3,5,7,9,13,15,17,21,31H,4,6,8,10-12,27H2,1-2H3,(H,28,34)(H,29,35)(H,30,33);4H,2-3H2,1H3. The van der Waals surface area contributed by atoms with Crippen molar-refractivity contribution in [3.63, 3.8) is 0 Å². The van der Waals surface area contributed by atoms with E-state index in [9.17, 15) is 24.0 Å². The Hall–Kier alpha value is -3.44. The second-order valence-corrected chi connectivity index (χ2v) is 11.5. The molecule has 3 atom stereocenters. The number of aromatic amines is 1. The van der Waals surface area contributed by atoms with Gasteiger partial charge in [-0.3, -0.25) is 24.0 Å². The summed E-state index contributed by atoms with van der Waals surface area (Å²) in [5.74, 6) is -2.26. The van der Waals surface area contributed by atoms with E-state index in [0.717, 1.165) is 17.7 Å². The molecule has 1 saturated carbocycles. The Morgan fingerprint density at radius 2 is 1.88 bits per heavy atom. The van der Waals surface area contributed by atoms with Crippen LogP contribution in [0, 0.1) is 17.8 Å². The zero-order valence-electron chi connectivity index (χ0n) is 23.8. The summed E-state index contributed by atoms with van der Waals surface area (Å²) in [6.45, 7) is 5.31. The Morgan fingerprint density at radius 1 is 1.17 bits per heavy atom. The van der Waals surface area contributed by atoms with Gasteiger partial charge in [-0.1, -0.05) is 57.3 Å². The fourth-order valence-corrected chi connectivity index (χ4v) is 4.37. The van der Waals surface area contributed by atoms with Crippen LogP contribution in [0.3, 0.4) is 0 Å². The van der Waals surface area contributed by atoms with Gasteiger partial charge in [0.25, 0.3) is 5.91 Å². The van der Waals surface area contributed by atoms with Crippen LogP contribution in [0.2, 0.25) is 5.02 Å². The molecule has 3 amide bonds. The number of piperidine rings is 1. The maximum atomic E-state index is 12.9. The van der Waals surface area contributed by atoms with E-state index in [1.54, 1.807) is 38.1 Å². The van der Waals surface area contributed by atoms with Crippen molar-refractivity contribution in [2.24, 2.45) is 23.5 Å². The highest BCUT2D eigenvalue weighted by Crippen LogP contribution is 2.26. The van der Waals surface area contributed by atoms with Crippen LogP contribution in [0.4, 0.5) is 0 Å². The van der Waals surface area contributed by atoms with Gasteiger partial charge in [0.05, 0.1) is 23.1 Å². The average molecular weight is 590 g/mol. The number of carbonyl (C=O) groups excluding carboxylic acids is 5. The van der Waals surface area contributed by atoms with Crippen molar-refractivity contribution in [1.29, 1.82) is 0 Å². The van der Waals surface area contributed by atoms with Crippen LogP contribution < -0.4 is 21.7 Å². The second kappa shape index (κ2) is 15.0. The first kappa shape index (κ1) is 32.1. The number of ketones is 1. The van der Waals surface area contributed by atoms with Gasteiger partial charge in [0.1, 0.15) is 11.7 Å². The summed E-state index contributed by atoms with van der Waals surface area (Å²) in [6.07, 6.45) is 4.32. The number of nitrogens with one attached hydrogen (secondary N) is 4. The molecular formula is C29H40ClN5O6. The number of Topliss-reactive ketones (excluding diaryl/α,β-unsaturated/α-hetero) is 1. The molecule has 41 heavy (non-hydrogen) atoms. The van der Waals surface area contributed by atoms with Crippen molar-refractivity contribution in [1.82, 2.24) is 20.9 Å². The molecule has 1 aliphatic carbocycles. The molecule has 2 fully saturated rings. The third kappa shape index (κ3) is 9.86. The Kier molecular flexibility index (Phi) is 11.7. The van der Waals surface area contributed by atoms with Gasteiger partial charge in [-0.25, -0.2) is 0 Å². The van der Waals surface area contributed by atoms with Gasteiger partial charge in [-0.05, 0) is 43.2 Å². The summed E-state index contributed by atoms with van der Waals surface area (Å²) >= 11 is 6.13. The number of benzene rings is 1. The predicted octanol–water partition coefficient (Wildman–Crippen LogP) is 2.46. The molecule has 11 nitrogen and oxygen atoms in total. The van der Waals surface area contributed by atoms with Crippen molar-refractivity contribution in [2.75, 3.05) is 19.7 Å². The molecule has 2 aliphatic rings. The molecule has 6 N–H and O–H groups in total. The van der Waals surface area contributed by atoms with Gasteiger partial charge in [0.15, 0.2) is 12.4 Å². The molecular weight excluding hydrogens is 550 g/mol. The molecule has 0 bridgehead atoms. The highest BCUT2D eigenvalue weighted by Gasteiger charge is 2.31. The number of rotatable bonds is 11. The largest absolute Gasteiger partial charge is 0.456 e. The van der Waals surface area contributed by atoms with E-state index >= 15 is 0 Å². The molecule has 1 saturated heterocycles. The molecule has 224 valence electrons. The topological polar surface area (TPSA) is 172 Å². The molecule has 2 heterocycles. The Morgan fingerprint density at radius 3 is 2.49 bits per heavy atom. The number of hydrogen-bond acceptors (Lipinski definition) is 7. The van der Waals surface area contributed by atoms with E-state index in [4.69, 9.17) is 22.1 Å². The van der Waals surface area contributed by atoms with Crippen LogP contribution in [-0.2, 0) is 23.9 Å². The summed E-state index contributed by atoms with van der Waals surface area (Å²) in [6, 6.07) is 4.87. The zero-order chi connectivity index (χ0) is 30.1. The number of aromatic nitrogens is 1. The number of halogens is 1. The van der Waals surface area contributed by atoms with E-state index in [1.165, 1.54) is 12.8 Å². The number of carbonyl (C=O) groups is 5. The van der Waals surface area contributed by atoms with Gasteiger partial charge in [0, 0.05) is 17.8 Å². The number of para-hydroxylation sites is 1. The molecule has 1 aromatic carbocycles. The number of amides is 3. The number of fused-ring (bicyclic) bond motifs is 1. The van der Waals surface area contributed by atoms with Crippen LogP contribution in [0.15, 0.2) is 24.3 Å². The van der Waals surface area contributed by atoms with Gasteiger partial charge in [0.2, 0.25) is 11.8 Å². The minimum Gasteiger partial charge on any atom is -0.456 e. The molecule has 12 heteroatoms. The third-order valence-electron chi connectivity index (χ3n) is 7.12. The second-order valence-electron chi connectivity index (χ2n) is 11.1. The highest BCUT2D eigenvalue weighted by molar-refractivity contribution is 6.35. The van der Waals surface area contributed by atoms with E-state index in [1.807, 2.05) is 0 Å². The number of hydrogen-bond donors (Lipinski definition) is 5. The first-order valence-corrected chi connectivity index (χ1v) is 14.4. The lowest BCUT2D eigenvalue weighted by molar-refractivity contribution is -0.151. The van der Waals surface area contributed by atoms with E-state index in [2.05, 4.69) is 27.9 Å². The SMILES string of the molecule is CC(C)C(N)C(=O)OCC(=O)C(CC1CCCNC1=O)NC(=O)CNC(=O)c1cc2cccc(Cl)c2[nH]1.CC1CC1. The Balaban J connectivity index is 0.00000106. The van der Waals surface area contributed by atoms with Crippen molar-refractivity contribution in [3.05, 3.63) is 35.0 Å². The summed E-state index contributed by atoms with van der Waals surface area (Å²) in [4.78, 5) is 65.3. The maximum absolute atomic E-state index is 12.9. The summed E-state index contributed by atoms with van der Waals surface area (Å²) in [7, 11) is 0. The molecule has 1 aliphatic heterocycles. The minimum absolute atomic E-state index is 0.0403. The quantitative estimate of drug-likeness (QED) is 0.250. The molecule has 3 unspecified atom stereocenters. The normalized spacial score (nSPS) is 18.0. The van der Waals surface area contributed by atoms with Crippen LogP contribution in [0.5, 0.6) is 0 Å². The highest BCUT2D eigenvalue weighted by atomic mass is 35.5. The van der Waals surface area contributed by atoms with Crippen molar-refractivity contribution in [3.8, 4) is 0 Å². The first-order valence-electron chi connectivity index (χ1n) is 14.0. The molecule has 1 aromatic heterocycles. The van der Waals surface area contributed by atoms with E-state index in [-0.39, 0.29) is 23.9 Å². The fraction of sp³-hybridized carbons (Fsp3) is 0.552. The monoisotopic (exact) mass is 589 g/mol. The smallest absolute Gasteiger partial charge is 0.323 e. The maximum Gasteiger partial charge on any atom is 0.323 e. The lowest BCUT2D eigenvalue weighted by Gasteiger charge is -2.26. The lowest BCUT2D eigenvalue weighted by atomic mass is 9.90. The predicted molar refractivity (Wildman–Crippen MR) is 155 cm³/mol. The van der Waals surface area contributed by atoms with Crippen LogP contribution in [0.1, 0.15) is 63.4 Å². The Labute approximate surface area is 244 Å². The van der Waals surface area contributed by atoms with E-state index < -0.39 is 54.7 Å². The minimum atomic E-state index is -1.09. The molecule has 4 rings (SSSR count). The van der Waals surface area contributed by atoms with Crippen molar-refractivity contribution in [2.45, 2.75) is 65.0 Å². The van der Waals surface area contributed by atoms with Crippen molar-refractivity contribution < 1.29 is 28.7 Å². The first-order chi connectivity index (χ1) is 19.5. The van der Waals surface area contributed by atoms with Gasteiger partial charge >= 0.3 is 5.97 Å². The summed E-state index contributed by atoms with van der Waals surface area (Å²) in [5, 5.41) is 9.00. The summed E-state index contributed by atoms with van der Waals surface area (Å²) < 4.78 is 5.05. The van der Waals surface area contributed by atoms with E-state index in [0.29, 0.717) is 23.5 Å². The third-order valence-corrected chi connectivity index (χ3v) is 7.43. The Bertz CT molecular complexity index is 1260. The number of esters is 1. The summed E-state index contributed by atoms with van der Waals surface area (Å²) in [5.41, 5.74) is 6.58. The van der Waals surface area contributed by atoms with Gasteiger partial charge in [-0.15, -0.1) is 0 Å². The van der Waals surface area contributed by atoms with Crippen LogP contribution in [0.25, 0.3) is 10.9 Å². The lowest BCUT2D eigenvalue weighted by Crippen LogP contribution is -2.50. The molecule has 0 spiro atoms. The fourth-order valence-electron chi connectivity index (χ4n) is 4.14. The number of H-pyrrole nitrogens is 1.